The van der Waals surface area contributed by atoms with E-state index in [1.54, 1.807) is 12.1 Å². The van der Waals surface area contributed by atoms with Gasteiger partial charge in [-0.1, -0.05) is 84.1 Å². The Morgan fingerprint density at radius 3 is 2.03 bits per heavy atom. The number of carbonyl (C=O) groups is 1. The first-order valence-electron chi connectivity index (χ1n) is 11.3. The second-order valence-electron chi connectivity index (χ2n) is 8.25. The van der Waals surface area contributed by atoms with Crippen LogP contribution in [0.15, 0.2) is 97.1 Å². The number of carbonyl (C=O) groups excluding carboxylic acids is 1. The molecule has 5 nitrogen and oxygen atoms in total. The topological polar surface area (TPSA) is 67.8 Å². The standard InChI is InChI=1S/C29H20N4OS/c1-18-9-8-14-24-25(18)32-29(35-24)33-28(34)21-15-16-22-23(17-21)31-27(20-12-6-3-7-13-20)26(30-22)19-10-4-2-5-11-19/h2-17H,1H3,(H,32,33,34). The lowest BCUT2D eigenvalue weighted by atomic mass is 10.0. The third kappa shape index (κ3) is 4.05. The van der Waals surface area contributed by atoms with Crippen molar-refractivity contribution in [3.63, 3.8) is 0 Å². The molecule has 0 spiro atoms. The molecule has 0 bridgehead atoms. The summed E-state index contributed by atoms with van der Waals surface area (Å²) in [5.74, 6) is -0.223. The molecule has 0 aliphatic rings. The van der Waals surface area contributed by atoms with Gasteiger partial charge in [0.1, 0.15) is 0 Å². The number of nitrogens with one attached hydrogen (secondary N) is 1. The van der Waals surface area contributed by atoms with E-state index >= 15 is 0 Å². The van der Waals surface area contributed by atoms with Crippen molar-refractivity contribution in [3.8, 4) is 22.5 Å². The molecule has 2 aromatic heterocycles. The Balaban J connectivity index is 1.41. The fraction of sp³-hybridized carbons (Fsp3) is 0.0345. The minimum absolute atomic E-state index is 0.223. The van der Waals surface area contributed by atoms with E-state index in [1.807, 2.05) is 91.9 Å². The van der Waals surface area contributed by atoms with Crippen molar-refractivity contribution in [2.24, 2.45) is 0 Å². The van der Waals surface area contributed by atoms with Crippen LogP contribution in [0.25, 0.3) is 43.8 Å². The van der Waals surface area contributed by atoms with Crippen molar-refractivity contribution in [1.82, 2.24) is 15.0 Å². The van der Waals surface area contributed by atoms with Crippen LogP contribution in [0, 0.1) is 6.92 Å². The van der Waals surface area contributed by atoms with E-state index in [1.165, 1.54) is 11.3 Å². The SMILES string of the molecule is Cc1cccc2sc(NC(=O)c3ccc4nc(-c5ccccc5)c(-c5ccccc5)nc4c3)nc12. The molecule has 0 aliphatic heterocycles. The van der Waals surface area contributed by atoms with Crippen LogP contribution in [0.5, 0.6) is 0 Å². The van der Waals surface area contributed by atoms with Gasteiger partial charge in [0, 0.05) is 16.7 Å². The summed E-state index contributed by atoms with van der Waals surface area (Å²) >= 11 is 1.47. The first kappa shape index (κ1) is 21.1. The summed E-state index contributed by atoms with van der Waals surface area (Å²) in [5.41, 5.74) is 7.46. The fourth-order valence-corrected chi connectivity index (χ4v) is 5.04. The molecule has 1 N–H and O–H groups in total. The zero-order valence-corrected chi connectivity index (χ0v) is 19.7. The molecule has 4 aromatic carbocycles. The van der Waals surface area contributed by atoms with Crippen LogP contribution in [-0.2, 0) is 0 Å². The number of aryl methyl sites for hydroxylation is 1. The molecule has 0 saturated carbocycles. The number of anilines is 1. The Morgan fingerprint density at radius 1 is 0.714 bits per heavy atom. The lowest BCUT2D eigenvalue weighted by Gasteiger charge is -2.11. The molecule has 2 heterocycles. The zero-order valence-electron chi connectivity index (χ0n) is 18.9. The molecule has 0 radical (unpaired) electrons. The smallest absolute Gasteiger partial charge is 0.257 e. The minimum Gasteiger partial charge on any atom is -0.298 e. The monoisotopic (exact) mass is 472 g/mol. The maximum Gasteiger partial charge on any atom is 0.257 e. The van der Waals surface area contributed by atoms with E-state index in [9.17, 15) is 4.79 Å². The number of para-hydroxylation sites is 1. The van der Waals surface area contributed by atoms with Crippen molar-refractivity contribution in [3.05, 3.63) is 108 Å². The first-order valence-corrected chi connectivity index (χ1v) is 12.1. The van der Waals surface area contributed by atoms with Crippen LogP contribution in [0.2, 0.25) is 0 Å². The summed E-state index contributed by atoms with van der Waals surface area (Å²) in [6, 6.07) is 31.5. The summed E-state index contributed by atoms with van der Waals surface area (Å²) in [4.78, 5) is 27.6. The highest BCUT2D eigenvalue weighted by molar-refractivity contribution is 7.22. The van der Waals surface area contributed by atoms with Gasteiger partial charge in [-0.2, -0.15) is 0 Å². The second kappa shape index (κ2) is 8.74. The molecule has 168 valence electrons. The largest absolute Gasteiger partial charge is 0.298 e. The van der Waals surface area contributed by atoms with Gasteiger partial charge in [-0.25, -0.2) is 15.0 Å². The molecule has 6 rings (SSSR count). The highest BCUT2D eigenvalue weighted by Gasteiger charge is 2.16. The molecular formula is C29H20N4OS. The number of aromatic nitrogens is 3. The highest BCUT2D eigenvalue weighted by Crippen LogP contribution is 2.32. The van der Waals surface area contributed by atoms with Crippen LogP contribution < -0.4 is 5.32 Å². The van der Waals surface area contributed by atoms with Crippen LogP contribution in [-0.4, -0.2) is 20.9 Å². The van der Waals surface area contributed by atoms with Gasteiger partial charge in [-0.05, 0) is 36.8 Å². The third-order valence-corrected chi connectivity index (χ3v) is 6.80. The van der Waals surface area contributed by atoms with Gasteiger partial charge in [0.15, 0.2) is 5.13 Å². The van der Waals surface area contributed by atoms with E-state index in [4.69, 9.17) is 9.97 Å². The normalized spacial score (nSPS) is 11.1. The van der Waals surface area contributed by atoms with Crippen LogP contribution in [0.3, 0.4) is 0 Å². The quantitative estimate of drug-likeness (QED) is 0.296. The van der Waals surface area contributed by atoms with Crippen LogP contribution in [0.1, 0.15) is 15.9 Å². The van der Waals surface area contributed by atoms with Gasteiger partial charge in [-0.3, -0.25) is 10.1 Å². The average molecular weight is 473 g/mol. The third-order valence-electron chi connectivity index (χ3n) is 5.86. The van der Waals surface area contributed by atoms with Gasteiger partial charge in [0.25, 0.3) is 5.91 Å². The summed E-state index contributed by atoms with van der Waals surface area (Å²) in [6.07, 6.45) is 0. The molecule has 35 heavy (non-hydrogen) atoms. The van der Waals surface area contributed by atoms with E-state index in [0.29, 0.717) is 16.2 Å². The highest BCUT2D eigenvalue weighted by atomic mass is 32.1. The number of amides is 1. The van der Waals surface area contributed by atoms with Gasteiger partial charge in [0.2, 0.25) is 0 Å². The molecule has 0 saturated heterocycles. The average Bonchev–Trinajstić information content (AvgIpc) is 3.32. The minimum atomic E-state index is -0.223. The molecule has 0 fully saturated rings. The van der Waals surface area contributed by atoms with Crippen molar-refractivity contribution in [2.75, 3.05) is 5.32 Å². The number of benzene rings is 4. The van der Waals surface area contributed by atoms with E-state index in [2.05, 4.69) is 10.3 Å². The first-order chi connectivity index (χ1) is 17.2. The summed E-state index contributed by atoms with van der Waals surface area (Å²) < 4.78 is 1.05. The summed E-state index contributed by atoms with van der Waals surface area (Å²) in [6.45, 7) is 2.02. The Hall–Kier alpha value is -4.42. The maximum absolute atomic E-state index is 13.1. The molecule has 1 amide bonds. The van der Waals surface area contributed by atoms with Crippen molar-refractivity contribution >= 4 is 43.6 Å². The maximum atomic E-state index is 13.1. The Bertz CT molecular complexity index is 1690. The fourth-order valence-electron chi connectivity index (χ4n) is 4.10. The number of rotatable bonds is 4. The number of hydrogen-bond acceptors (Lipinski definition) is 5. The number of hydrogen-bond donors (Lipinski definition) is 1. The molecule has 0 aliphatic carbocycles. The van der Waals surface area contributed by atoms with Crippen molar-refractivity contribution < 1.29 is 4.79 Å². The van der Waals surface area contributed by atoms with E-state index in [0.717, 1.165) is 43.8 Å². The van der Waals surface area contributed by atoms with Gasteiger partial charge < -0.3 is 0 Å². The van der Waals surface area contributed by atoms with Crippen LogP contribution >= 0.6 is 11.3 Å². The molecule has 0 unspecified atom stereocenters. The van der Waals surface area contributed by atoms with Crippen molar-refractivity contribution in [2.45, 2.75) is 6.92 Å². The predicted octanol–water partition coefficient (Wildman–Crippen LogP) is 7.13. The van der Waals surface area contributed by atoms with Gasteiger partial charge in [0.05, 0.1) is 32.6 Å². The van der Waals surface area contributed by atoms with Gasteiger partial charge >= 0.3 is 0 Å². The summed E-state index contributed by atoms with van der Waals surface area (Å²) in [7, 11) is 0. The number of thiazole rings is 1. The molecule has 0 atom stereocenters. The molecular weight excluding hydrogens is 452 g/mol. The number of fused-ring (bicyclic) bond motifs is 2. The lowest BCUT2D eigenvalue weighted by molar-refractivity contribution is 0.102. The Morgan fingerprint density at radius 2 is 1.37 bits per heavy atom. The van der Waals surface area contributed by atoms with E-state index < -0.39 is 0 Å². The predicted molar refractivity (Wildman–Crippen MR) is 143 cm³/mol. The van der Waals surface area contributed by atoms with Crippen LogP contribution in [0.4, 0.5) is 5.13 Å². The lowest BCUT2D eigenvalue weighted by Crippen LogP contribution is -2.11. The zero-order chi connectivity index (χ0) is 23.8. The Labute approximate surface area is 206 Å². The molecule has 6 heteroatoms. The number of nitrogens with zero attached hydrogens (tertiary/aromatic N) is 3. The van der Waals surface area contributed by atoms with Gasteiger partial charge in [-0.15, -0.1) is 0 Å². The van der Waals surface area contributed by atoms with Crippen molar-refractivity contribution in [1.29, 1.82) is 0 Å². The van der Waals surface area contributed by atoms with E-state index in [-0.39, 0.29) is 5.91 Å². The molecule has 6 aromatic rings. The second-order valence-corrected chi connectivity index (χ2v) is 9.28. The summed E-state index contributed by atoms with van der Waals surface area (Å²) in [5, 5.41) is 3.52. The Kier molecular flexibility index (Phi) is 5.28.